The Balaban J connectivity index is 1.81. The molecular formula is C20H28N2O2. The van der Waals surface area contributed by atoms with Gasteiger partial charge in [-0.1, -0.05) is 19.1 Å². The number of piperidine rings is 1. The molecule has 2 aromatic rings. The summed E-state index contributed by atoms with van der Waals surface area (Å²) in [6, 6.07) is 7.11. The molecule has 3 N–H and O–H groups in total. The van der Waals surface area contributed by atoms with Crippen LogP contribution in [0.3, 0.4) is 0 Å². The first kappa shape index (κ1) is 16.1. The van der Waals surface area contributed by atoms with Gasteiger partial charge < -0.3 is 15.2 Å². The summed E-state index contributed by atoms with van der Waals surface area (Å²) in [7, 11) is 0. The van der Waals surface area contributed by atoms with Crippen LogP contribution >= 0.6 is 0 Å². The fraction of sp³-hybridized carbons (Fsp3) is 0.600. The molecule has 1 aromatic carbocycles. The van der Waals surface area contributed by atoms with Crippen molar-refractivity contribution in [2.45, 2.75) is 44.6 Å². The number of H-pyrrole nitrogens is 1. The summed E-state index contributed by atoms with van der Waals surface area (Å²) in [5.41, 5.74) is 5.27. The van der Waals surface area contributed by atoms with Crippen LogP contribution in [0.1, 0.15) is 42.5 Å². The number of aliphatic hydroxyl groups is 2. The van der Waals surface area contributed by atoms with E-state index in [9.17, 15) is 10.2 Å². The SMILES string of the molecule is CCCN1C[C@H](CO)CC2c3cccc4[nH]c(CCO)c(c34)C[C@H]21. The Kier molecular flexibility index (Phi) is 4.37. The average molecular weight is 328 g/mol. The standard InChI is InChI=1S/C20H28N2O2/c1-2-7-22-11-13(12-24)9-15-14-4-3-5-18-20(14)16(10-19(15)22)17(21-18)6-8-23/h3-5,13,15,19,21,23-24H,2,6-12H2,1H3/t13-,15?,19-/m1/s1. The van der Waals surface area contributed by atoms with E-state index in [4.69, 9.17) is 0 Å². The lowest BCUT2D eigenvalue weighted by Gasteiger charge is -2.47. The highest BCUT2D eigenvalue weighted by molar-refractivity contribution is 5.89. The second kappa shape index (κ2) is 6.51. The van der Waals surface area contributed by atoms with Gasteiger partial charge in [-0.2, -0.15) is 0 Å². The normalized spacial score (nSPS) is 26.7. The maximum absolute atomic E-state index is 9.77. The fourth-order valence-corrected chi connectivity index (χ4v) is 5.06. The second-order valence-corrected chi connectivity index (χ2v) is 7.48. The van der Waals surface area contributed by atoms with Crippen LogP contribution in [0.5, 0.6) is 0 Å². The van der Waals surface area contributed by atoms with E-state index in [-0.39, 0.29) is 13.2 Å². The maximum Gasteiger partial charge on any atom is 0.0485 e. The van der Waals surface area contributed by atoms with Crippen molar-refractivity contribution in [3.63, 3.8) is 0 Å². The summed E-state index contributed by atoms with van der Waals surface area (Å²) >= 11 is 0. The van der Waals surface area contributed by atoms with Crippen molar-refractivity contribution < 1.29 is 10.2 Å². The molecule has 2 aliphatic rings. The van der Waals surface area contributed by atoms with Crippen LogP contribution in [0.25, 0.3) is 10.9 Å². The number of nitrogens with one attached hydrogen (secondary N) is 1. The smallest absolute Gasteiger partial charge is 0.0485 e. The van der Waals surface area contributed by atoms with E-state index in [0.29, 0.717) is 24.3 Å². The van der Waals surface area contributed by atoms with Crippen molar-refractivity contribution in [2.24, 2.45) is 5.92 Å². The fourth-order valence-electron chi connectivity index (χ4n) is 5.06. The molecule has 4 nitrogen and oxygen atoms in total. The predicted molar refractivity (Wildman–Crippen MR) is 96.4 cm³/mol. The minimum atomic E-state index is 0.189. The van der Waals surface area contributed by atoms with Gasteiger partial charge in [-0.3, -0.25) is 4.90 Å². The number of hydrogen-bond acceptors (Lipinski definition) is 3. The highest BCUT2D eigenvalue weighted by Crippen LogP contribution is 2.45. The quantitative estimate of drug-likeness (QED) is 0.790. The third-order valence-electron chi connectivity index (χ3n) is 6.01. The number of benzene rings is 1. The van der Waals surface area contributed by atoms with Crippen molar-refractivity contribution in [2.75, 3.05) is 26.3 Å². The summed E-state index contributed by atoms with van der Waals surface area (Å²) in [4.78, 5) is 6.15. The Morgan fingerprint density at radius 2 is 2.17 bits per heavy atom. The Bertz CT molecular complexity index is 724. The van der Waals surface area contributed by atoms with E-state index >= 15 is 0 Å². The minimum absolute atomic E-state index is 0.189. The number of fused-ring (bicyclic) bond motifs is 2. The number of rotatable bonds is 5. The Morgan fingerprint density at radius 1 is 1.29 bits per heavy atom. The van der Waals surface area contributed by atoms with Gasteiger partial charge >= 0.3 is 0 Å². The van der Waals surface area contributed by atoms with Crippen molar-refractivity contribution in [1.29, 1.82) is 0 Å². The maximum atomic E-state index is 9.77. The highest BCUT2D eigenvalue weighted by atomic mass is 16.3. The van der Waals surface area contributed by atoms with Crippen LogP contribution in [-0.4, -0.2) is 52.4 Å². The van der Waals surface area contributed by atoms with Gasteiger partial charge in [0.1, 0.15) is 0 Å². The number of hydrogen-bond donors (Lipinski definition) is 3. The van der Waals surface area contributed by atoms with Crippen LogP contribution in [0.4, 0.5) is 0 Å². The number of aliphatic hydroxyl groups excluding tert-OH is 2. The summed E-state index contributed by atoms with van der Waals surface area (Å²) in [5, 5.41) is 20.6. The first-order chi connectivity index (χ1) is 11.8. The van der Waals surface area contributed by atoms with Crippen LogP contribution in [0.2, 0.25) is 0 Å². The Morgan fingerprint density at radius 3 is 2.92 bits per heavy atom. The number of nitrogens with zero attached hydrogens (tertiary/aromatic N) is 1. The van der Waals surface area contributed by atoms with Gasteiger partial charge in [0.2, 0.25) is 0 Å². The first-order valence-corrected chi connectivity index (χ1v) is 9.34. The van der Waals surface area contributed by atoms with Crippen LogP contribution in [0.15, 0.2) is 18.2 Å². The summed E-state index contributed by atoms with van der Waals surface area (Å²) in [6.45, 7) is 4.82. The van der Waals surface area contributed by atoms with Gasteiger partial charge in [-0.25, -0.2) is 0 Å². The number of aromatic nitrogens is 1. The Hall–Kier alpha value is -1.36. The molecule has 1 aliphatic heterocycles. The van der Waals surface area contributed by atoms with E-state index in [2.05, 4.69) is 35.0 Å². The lowest BCUT2D eigenvalue weighted by atomic mass is 9.72. The molecule has 0 radical (unpaired) electrons. The molecular weight excluding hydrogens is 300 g/mol. The molecule has 24 heavy (non-hydrogen) atoms. The van der Waals surface area contributed by atoms with Gasteiger partial charge in [0, 0.05) is 54.7 Å². The lowest BCUT2D eigenvalue weighted by Crippen LogP contribution is -2.50. The Labute approximate surface area is 143 Å². The minimum Gasteiger partial charge on any atom is -0.396 e. The molecule has 130 valence electrons. The molecule has 0 amide bonds. The molecule has 0 spiro atoms. The molecule has 0 saturated carbocycles. The molecule has 1 unspecified atom stereocenters. The second-order valence-electron chi connectivity index (χ2n) is 7.48. The molecule has 1 fully saturated rings. The zero-order valence-electron chi connectivity index (χ0n) is 14.5. The molecule has 0 bridgehead atoms. The van der Waals surface area contributed by atoms with Gasteiger partial charge in [0.15, 0.2) is 0 Å². The van der Waals surface area contributed by atoms with Crippen LogP contribution in [-0.2, 0) is 12.8 Å². The van der Waals surface area contributed by atoms with Gasteiger partial charge in [0.05, 0.1) is 0 Å². The predicted octanol–water partition coefficient (Wildman–Crippen LogP) is 2.44. The van der Waals surface area contributed by atoms with Gasteiger partial charge in [-0.05, 0) is 48.9 Å². The molecule has 1 aromatic heterocycles. The van der Waals surface area contributed by atoms with E-state index in [0.717, 1.165) is 32.4 Å². The van der Waals surface area contributed by atoms with Crippen molar-refractivity contribution >= 4 is 10.9 Å². The van der Waals surface area contributed by atoms with Gasteiger partial charge in [0.25, 0.3) is 0 Å². The van der Waals surface area contributed by atoms with E-state index in [1.165, 1.54) is 27.7 Å². The zero-order valence-corrected chi connectivity index (χ0v) is 14.5. The topological polar surface area (TPSA) is 59.5 Å². The molecule has 4 rings (SSSR count). The van der Waals surface area contributed by atoms with Crippen molar-refractivity contribution in [3.8, 4) is 0 Å². The summed E-state index contributed by atoms with van der Waals surface area (Å²) in [5.74, 6) is 0.891. The van der Waals surface area contributed by atoms with Crippen molar-refractivity contribution in [1.82, 2.24) is 9.88 Å². The van der Waals surface area contributed by atoms with Crippen LogP contribution < -0.4 is 0 Å². The third-order valence-corrected chi connectivity index (χ3v) is 6.01. The number of aromatic amines is 1. The molecule has 1 saturated heterocycles. The highest BCUT2D eigenvalue weighted by Gasteiger charge is 2.40. The zero-order chi connectivity index (χ0) is 16.7. The lowest BCUT2D eigenvalue weighted by molar-refractivity contribution is 0.0570. The van der Waals surface area contributed by atoms with Crippen LogP contribution in [0, 0.1) is 5.92 Å². The monoisotopic (exact) mass is 328 g/mol. The first-order valence-electron chi connectivity index (χ1n) is 9.34. The van der Waals surface area contributed by atoms with E-state index in [1.54, 1.807) is 0 Å². The van der Waals surface area contributed by atoms with E-state index < -0.39 is 0 Å². The summed E-state index contributed by atoms with van der Waals surface area (Å²) in [6.07, 6.45) is 4.00. The molecule has 4 heteroatoms. The summed E-state index contributed by atoms with van der Waals surface area (Å²) < 4.78 is 0. The largest absolute Gasteiger partial charge is 0.396 e. The molecule has 1 aliphatic carbocycles. The van der Waals surface area contributed by atoms with Gasteiger partial charge in [-0.15, -0.1) is 0 Å². The van der Waals surface area contributed by atoms with E-state index in [1.807, 2.05) is 0 Å². The van der Waals surface area contributed by atoms with Crippen molar-refractivity contribution in [3.05, 3.63) is 35.0 Å². The molecule has 2 heterocycles. The number of likely N-dealkylation sites (tertiary alicyclic amines) is 1. The third kappa shape index (κ3) is 2.48. The molecule has 3 atom stereocenters. The average Bonchev–Trinajstić information content (AvgIpc) is 2.95.